The minimum absolute atomic E-state index is 0.0790. The minimum Gasteiger partial charge on any atom is -0.490 e. The van der Waals surface area contributed by atoms with Crippen molar-refractivity contribution in [1.82, 2.24) is 9.78 Å². The second-order valence-corrected chi connectivity index (χ2v) is 4.96. The SMILES string of the molecule is Cc1cccc(Cn2ncc(OCC(C)N)cc2=O)c1. The Labute approximate surface area is 118 Å². The highest BCUT2D eigenvalue weighted by Gasteiger charge is 2.03. The lowest BCUT2D eigenvalue weighted by molar-refractivity contribution is 0.293. The van der Waals surface area contributed by atoms with E-state index in [1.807, 2.05) is 38.1 Å². The maximum Gasteiger partial charge on any atom is 0.270 e. The predicted octanol–water partition coefficient (Wildman–Crippen LogP) is 1.33. The molecule has 1 unspecified atom stereocenters. The maximum absolute atomic E-state index is 12.0. The highest BCUT2D eigenvalue weighted by atomic mass is 16.5. The number of hydrogen-bond acceptors (Lipinski definition) is 4. The van der Waals surface area contributed by atoms with Crippen molar-refractivity contribution in [3.63, 3.8) is 0 Å². The molecule has 0 fully saturated rings. The zero-order valence-corrected chi connectivity index (χ0v) is 11.7. The van der Waals surface area contributed by atoms with Gasteiger partial charge in [0.05, 0.1) is 12.7 Å². The van der Waals surface area contributed by atoms with E-state index in [9.17, 15) is 4.79 Å². The largest absolute Gasteiger partial charge is 0.490 e. The lowest BCUT2D eigenvalue weighted by Crippen LogP contribution is -2.26. The molecule has 1 atom stereocenters. The predicted molar refractivity (Wildman–Crippen MR) is 77.9 cm³/mol. The molecule has 0 bridgehead atoms. The highest BCUT2D eigenvalue weighted by molar-refractivity contribution is 5.22. The van der Waals surface area contributed by atoms with Gasteiger partial charge >= 0.3 is 0 Å². The molecular weight excluding hydrogens is 254 g/mol. The molecule has 0 saturated carbocycles. The Morgan fingerprint density at radius 3 is 2.85 bits per heavy atom. The van der Waals surface area contributed by atoms with Gasteiger partial charge in [-0.1, -0.05) is 29.8 Å². The van der Waals surface area contributed by atoms with Gasteiger partial charge in [-0.2, -0.15) is 5.10 Å². The molecule has 2 N–H and O–H groups in total. The van der Waals surface area contributed by atoms with Crippen molar-refractivity contribution in [2.45, 2.75) is 26.4 Å². The van der Waals surface area contributed by atoms with E-state index in [2.05, 4.69) is 5.10 Å². The Morgan fingerprint density at radius 1 is 1.40 bits per heavy atom. The Morgan fingerprint density at radius 2 is 2.20 bits per heavy atom. The average molecular weight is 273 g/mol. The fourth-order valence-corrected chi connectivity index (χ4v) is 1.83. The van der Waals surface area contributed by atoms with Crippen LogP contribution in [0.25, 0.3) is 0 Å². The summed E-state index contributed by atoms with van der Waals surface area (Å²) >= 11 is 0. The summed E-state index contributed by atoms with van der Waals surface area (Å²) in [6.45, 7) is 4.67. The molecule has 2 aromatic rings. The van der Waals surface area contributed by atoms with Gasteiger partial charge in [-0.25, -0.2) is 4.68 Å². The van der Waals surface area contributed by atoms with E-state index in [1.165, 1.54) is 10.7 Å². The molecule has 106 valence electrons. The van der Waals surface area contributed by atoms with E-state index in [-0.39, 0.29) is 11.6 Å². The molecule has 0 radical (unpaired) electrons. The molecule has 0 saturated heterocycles. The molecule has 0 spiro atoms. The van der Waals surface area contributed by atoms with E-state index >= 15 is 0 Å². The van der Waals surface area contributed by atoms with Crippen LogP contribution >= 0.6 is 0 Å². The molecule has 20 heavy (non-hydrogen) atoms. The van der Waals surface area contributed by atoms with Gasteiger partial charge < -0.3 is 10.5 Å². The summed E-state index contributed by atoms with van der Waals surface area (Å²) in [6.07, 6.45) is 1.54. The van der Waals surface area contributed by atoms with E-state index < -0.39 is 0 Å². The first-order valence-electron chi connectivity index (χ1n) is 6.55. The first-order chi connectivity index (χ1) is 9.54. The number of nitrogens with zero attached hydrogens (tertiary/aromatic N) is 2. The Hall–Kier alpha value is -2.14. The zero-order valence-electron chi connectivity index (χ0n) is 11.7. The maximum atomic E-state index is 12.0. The van der Waals surface area contributed by atoms with Gasteiger partial charge in [-0.05, 0) is 19.4 Å². The van der Waals surface area contributed by atoms with Crippen molar-refractivity contribution >= 4 is 0 Å². The molecule has 0 aliphatic heterocycles. The standard InChI is InChI=1S/C15H19N3O2/c1-11-4-3-5-13(6-11)9-18-15(19)7-14(8-17-18)20-10-12(2)16/h3-8,12H,9-10,16H2,1-2H3. The van der Waals surface area contributed by atoms with Gasteiger partial charge in [0.2, 0.25) is 0 Å². The van der Waals surface area contributed by atoms with Crippen molar-refractivity contribution < 1.29 is 4.74 Å². The summed E-state index contributed by atoms with van der Waals surface area (Å²) in [5, 5.41) is 4.12. The summed E-state index contributed by atoms with van der Waals surface area (Å²) in [7, 11) is 0. The monoisotopic (exact) mass is 273 g/mol. The first kappa shape index (κ1) is 14.3. The van der Waals surface area contributed by atoms with Crippen molar-refractivity contribution in [3.05, 3.63) is 58.0 Å². The van der Waals surface area contributed by atoms with Crippen LogP contribution in [-0.4, -0.2) is 22.4 Å². The van der Waals surface area contributed by atoms with Gasteiger partial charge in [-0.15, -0.1) is 0 Å². The average Bonchev–Trinajstić information content (AvgIpc) is 2.39. The van der Waals surface area contributed by atoms with Crippen LogP contribution in [0, 0.1) is 6.92 Å². The molecule has 1 aromatic heterocycles. The van der Waals surface area contributed by atoms with Crippen molar-refractivity contribution in [2.24, 2.45) is 5.73 Å². The van der Waals surface area contributed by atoms with Crippen LogP contribution in [0.15, 0.2) is 41.3 Å². The fourth-order valence-electron chi connectivity index (χ4n) is 1.83. The summed E-state index contributed by atoms with van der Waals surface area (Å²) in [5.41, 5.74) is 7.61. The fraction of sp³-hybridized carbons (Fsp3) is 0.333. The van der Waals surface area contributed by atoms with Crippen LogP contribution in [0.4, 0.5) is 0 Å². The van der Waals surface area contributed by atoms with E-state index in [1.54, 1.807) is 6.20 Å². The molecular formula is C15H19N3O2. The second-order valence-electron chi connectivity index (χ2n) is 4.96. The molecule has 1 heterocycles. The van der Waals surface area contributed by atoms with Gasteiger partial charge in [0, 0.05) is 12.1 Å². The van der Waals surface area contributed by atoms with Crippen LogP contribution in [0.5, 0.6) is 5.75 Å². The van der Waals surface area contributed by atoms with Crippen LogP contribution in [-0.2, 0) is 6.54 Å². The number of aromatic nitrogens is 2. The van der Waals surface area contributed by atoms with Gasteiger partial charge in [0.25, 0.3) is 5.56 Å². The van der Waals surface area contributed by atoms with Gasteiger partial charge in [0.1, 0.15) is 12.4 Å². The third-order valence-corrected chi connectivity index (χ3v) is 2.77. The van der Waals surface area contributed by atoms with Crippen LogP contribution in [0.3, 0.4) is 0 Å². The topological polar surface area (TPSA) is 70.1 Å². The van der Waals surface area contributed by atoms with Crippen molar-refractivity contribution in [3.8, 4) is 5.75 Å². The van der Waals surface area contributed by atoms with E-state index in [0.717, 1.165) is 11.1 Å². The number of benzene rings is 1. The lowest BCUT2D eigenvalue weighted by atomic mass is 10.1. The molecule has 0 aliphatic rings. The summed E-state index contributed by atoms with van der Waals surface area (Å²) in [4.78, 5) is 12.0. The molecule has 1 aromatic carbocycles. The second kappa shape index (κ2) is 6.34. The summed E-state index contributed by atoms with van der Waals surface area (Å²) in [5.74, 6) is 0.452. The number of rotatable bonds is 5. The smallest absolute Gasteiger partial charge is 0.270 e. The Bertz CT molecular complexity index is 635. The van der Waals surface area contributed by atoms with Crippen molar-refractivity contribution in [1.29, 1.82) is 0 Å². The molecule has 2 rings (SSSR count). The molecule has 0 amide bonds. The third kappa shape index (κ3) is 3.93. The number of ether oxygens (including phenoxy) is 1. The summed E-state index contributed by atoms with van der Waals surface area (Å²) < 4.78 is 6.78. The molecule has 0 aliphatic carbocycles. The number of hydrogen-bond donors (Lipinski definition) is 1. The van der Waals surface area contributed by atoms with Crippen LogP contribution in [0.1, 0.15) is 18.1 Å². The number of aryl methyl sites for hydroxylation is 1. The van der Waals surface area contributed by atoms with Crippen molar-refractivity contribution in [2.75, 3.05) is 6.61 Å². The van der Waals surface area contributed by atoms with E-state index in [0.29, 0.717) is 18.9 Å². The zero-order chi connectivity index (χ0) is 14.5. The van der Waals surface area contributed by atoms with Gasteiger partial charge in [-0.3, -0.25) is 4.79 Å². The van der Waals surface area contributed by atoms with Crippen LogP contribution in [0.2, 0.25) is 0 Å². The van der Waals surface area contributed by atoms with Crippen LogP contribution < -0.4 is 16.0 Å². The quantitative estimate of drug-likeness (QED) is 0.892. The molecule has 5 nitrogen and oxygen atoms in total. The normalized spacial score (nSPS) is 12.2. The third-order valence-electron chi connectivity index (χ3n) is 2.77. The number of nitrogens with two attached hydrogens (primary N) is 1. The Balaban J connectivity index is 2.12. The first-order valence-corrected chi connectivity index (χ1v) is 6.55. The minimum atomic E-state index is -0.186. The van der Waals surface area contributed by atoms with Gasteiger partial charge in [0.15, 0.2) is 0 Å². The lowest BCUT2D eigenvalue weighted by Gasteiger charge is -2.09. The molecule has 5 heteroatoms. The highest BCUT2D eigenvalue weighted by Crippen LogP contribution is 2.07. The van der Waals surface area contributed by atoms with E-state index in [4.69, 9.17) is 10.5 Å². The Kier molecular flexibility index (Phi) is 4.53. The summed E-state index contributed by atoms with van der Waals surface area (Å²) in [6, 6.07) is 9.35.